The number of rotatable bonds is 6. The number of hydrogen-bond acceptors (Lipinski definition) is 7. The molecule has 2 aromatic rings. The van der Waals surface area contributed by atoms with E-state index >= 15 is 0 Å². The molecule has 1 fully saturated rings. The van der Waals surface area contributed by atoms with Crippen LogP contribution >= 0.6 is 0 Å². The van der Waals surface area contributed by atoms with E-state index in [0.29, 0.717) is 10.6 Å². The lowest BCUT2D eigenvalue weighted by Crippen LogP contribution is -2.40. The van der Waals surface area contributed by atoms with Gasteiger partial charge in [-0.05, 0) is 30.7 Å². The molecule has 146 valence electrons. The van der Waals surface area contributed by atoms with Gasteiger partial charge in [0.25, 0.3) is 5.91 Å². The third-order valence-electron chi connectivity index (χ3n) is 3.92. The zero-order valence-corrected chi connectivity index (χ0v) is 14.2. The third kappa shape index (κ3) is 3.51. The van der Waals surface area contributed by atoms with Crippen LogP contribution in [0.15, 0.2) is 45.9 Å². The molecule has 1 aromatic heterocycles. The number of urea groups is 1. The van der Waals surface area contributed by atoms with E-state index in [1.54, 1.807) is 0 Å². The van der Waals surface area contributed by atoms with Crippen molar-refractivity contribution in [1.29, 1.82) is 0 Å². The summed E-state index contributed by atoms with van der Waals surface area (Å²) in [5.41, 5.74) is -1.17. The Balaban J connectivity index is 1.79. The van der Waals surface area contributed by atoms with Crippen molar-refractivity contribution >= 4 is 24.0 Å². The Morgan fingerprint density at radius 2 is 1.96 bits per heavy atom. The first-order valence-electron chi connectivity index (χ1n) is 7.71. The molecule has 0 unspecified atom stereocenters. The first kappa shape index (κ1) is 18.9. The summed E-state index contributed by atoms with van der Waals surface area (Å²) in [6.45, 7) is -1.57. The molecule has 0 saturated carbocycles. The normalized spacial score (nSPS) is 19.5. The Bertz CT molecular complexity index is 958. The summed E-state index contributed by atoms with van der Waals surface area (Å²) >= 11 is 0. The second kappa shape index (κ2) is 7.06. The lowest BCUT2D eigenvalue weighted by atomic mass is 9.92. The molecule has 0 spiro atoms. The molecular formula is C16H12F2N4O6. The number of halogens is 2. The van der Waals surface area contributed by atoms with Gasteiger partial charge in [-0.25, -0.2) is 4.79 Å². The number of imide groups is 1. The minimum Gasteiger partial charge on any atom is -0.435 e. The smallest absolute Gasteiger partial charge is 0.433 e. The standard InChI is InChI=1S/C16H12F2N4O6/c1-16(9-2-4-10(5-3-9)28-14(17)18)13(23)21(15(24)20-16)19-8-11-6-7-12(27-11)22(25)26/h2-8,14H,1H3,(H,20,24)/b19-8-/t16-/m0/s1. The van der Waals surface area contributed by atoms with Gasteiger partial charge < -0.3 is 14.5 Å². The number of nitrogens with one attached hydrogen (secondary N) is 1. The quantitative estimate of drug-likeness (QED) is 0.347. The maximum Gasteiger partial charge on any atom is 0.433 e. The number of alkyl halides is 2. The number of benzene rings is 1. The fraction of sp³-hybridized carbons (Fsp3) is 0.188. The van der Waals surface area contributed by atoms with Gasteiger partial charge in [0.1, 0.15) is 16.2 Å². The Hall–Kier alpha value is -3.83. The Kier molecular flexibility index (Phi) is 4.78. The van der Waals surface area contributed by atoms with Crippen molar-refractivity contribution in [2.45, 2.75) is 19.1 Å². The zero-order chi connectivity index (χ0) is 20.5. The van der Waals surface area contributed by atoms with Crippen molar-refractivity contribution in [2.75, 3.05) is 0 Å². The van der Waals surface area contributed by atoms with E-state index in [-0.39, 0.29) is 11.5 Å². The lowest BCUT2D eigenvalue weighted by Gasteiger charge is -2.21. The average Bonchev–Trinajstić information content (AvgIpc) is 3.18. The van der Waals surface area contributed by atoms with Crippen LogP contribution in [-0.2, 0) is 10.3 Å². The molecule has 10 nitrogen and oxygen atoms in total. The molecule has 0 bridgehead atoms. The average molecular weight is 394 g/mol. The summed E-state index contributed by atoms with van der Waals surface area (Å²) in [6.07, 6.45) is 0.982. The number of nitrogens with zero attached hydrogens (tertiary/aromatic N) is 3. The molecule has 12 heteroatoms. The van der Waals surface area contributed by atoms with Gasteiger partial charge >= 0.3 is 18.5 Å². The maximum absolute atomic E-state index is 12.7. The highest BCUT2D eigenvalue weighted by Crippen LogP contribution is 2.30. The van der Waals surface area contributed by atoms with Crippen LogP contribution in [0.3, 0.4) is 0 Å². The fourth-order valence-corrected chi connectivity index (χ4v) is 2.52. The highest BCUT2D eigenvalue weighted by Gasteiger charge is 2.49. The first-order valence-corrected chi connectivity index (χ1v) is 7.71. The van der Waals surface area contributed by atoms with E-state index in [4.69, 9.17) is 4.42 Å². The Morgan fingerprint density at radius 1 is 1.29 bits per heavy atom. The summed E-state index contributed by atoms with van der Waals surface area (Å²) in [7, 11) is 0. The van der Waals surface area contributed by atoms with Crippen LogP contribution in [0, 0.1) is 10.1 Å². The van der Waals surface area contributed by atoms with Gasteiger partial charge in [-0.3, -0.25) is 14.9 Å². The van der Waals surface area contributed by atoms with Gasteiger partial charge in [0.2, 0.25) is 0 Å². The molecule has 1 atom stereocenters. The molecule has 1 saturated heterocycles. The lowest BCUT2D eigenvalue weighted by molar-refractivity contribution is -0.402. The minimum atomic E-state index is -2.99. The Labute approximate surface area is 155 Å². The first-order chi connectivity index (χ1) is 13.2. The van der Waals surface area contributed by atoms with E-state index < -0.39 is 34.9 Å². The monoisotopic (exact) mass is 394 g/mol. The van der Waals surface area contributed by atoms with E-state index in [2.05, 4.69) is 15.2 Å². The summed E-state index contributed by atoms with van der Waals surface area (Å²) in [4.78, 5) is 34.7. The van der Waals surface area contributed by atoms with E-state index in [1.807, 2.05) is 0 Å². The summed E-state index contributed by atoms with van der Waals surface area (Å²) in [5.74, 6) is -1.39. The Morgan fingerprint density at radius 3 is 2.54 bits per heavy atom. The number of carbonyl (C=O) groups excluding carboxylic acids is 2. The van der Waals surface area contributed by atoms with Crippen molar-refractivity contribution in [3.05, 3.63) is 57.8 Å². The van der Waals surface area contributed by atoms with Crippen LogP contribution in [0.1, 0.15) is 18.2 Å². The summed E-state index contributed by atoms with van der Waals surface area (Å²) in [5, 5.41) is 17.3. The molecule has 0 radical (unpaired) electrons. The number of hydrogen-bond donors (Lipinski definition) is 1. The molecule has 1 N–H and O–H groups in total. The molecule has 0 aliphatic carbocycles. The van der Waals surface area contributed by atoms with Crippen molar-refractivity contribution < 1.29 is 32.4 Å². The zero-order valence-electron chi connectivity index (χ0n) is 14.2. The molecule has 1 aliphatic heterocycles. The molecule has 3 rings (SSSR count). The number of ether oxygens (including phenoxy) is 1. The van der Waals surface area contributed by atoms with Gasteiger partial charge in [0.05, 0.1) is 12.3 Å². The predicted octanol–water partition coefficient (Wildman–Crippen LogP) is 2.59. The SMILES string of the molecule is C[C@@]1(c2ccc(OC(F)F)cc2)NC(=O)N(/N=C\c2ccc([N+](=O)[O-])o2)C1=O. The van der Waals surface area contributed by atoms with Gasteiger partial charge in [-0.1, -0.05) is 12.1 Å². The molecule has 3 amide bonds. The van der Waals surface area contributed by atoms with Crippen LogP contribution in [-0.4, -0.2) is 34.7 Å². The summed E-state index contributed by atoms with van der Waals surface area (Å²) < 4.78 is 33.6. The molecule has 2 heterocycles. The second-order valence-electron chi connectivity index (χ2n) is 5.75. The van der Waals surface area contributed by atoms with E-state index in [1.165, 1.54) is 37.3 Å². The fourth-order valence-electron chi connectivity index (χ4n) is 2.52. The highest BCUT2D eigenvalue weighted by molar-refractivity contribution is 6.07. The number of nitro groups is 1. The maximum atomic E-state index is 12.7. The predicted molar refractivity (Wildman–Crippen MR) is 88.8 cm³/mol. The molecular weight excluding hydrogens is 382 g/mol. The van der Waals surface area contributed by atoms with Crippen molar-refractivity contribution in [3.63, 3.8) is 0 Å². The highest BCUT2D eigenvalue weighted by atomic mass is 19.3. The number of amides is 3. The topological polar surface area (TPSA) is 127 Å². The molecule has 28 heavy (non-hydrogen) atoms. The van der Waals surface area contributed by atoms with Crippen LogP contribution in [0.2, 0.25) is 0 Å². The minimum absolute atomic E-state index is 0.0330. The van der Waals surface area contributed by atoms with Gasteiger partial charge in [0, 0.05) is 0 Å². The van der Waals surface area contributed by atoms with Crippen LogP contribution in [0.4, 0.5) is 19.5 Å². The summed E-state index contributed by atoms with van der Waals surface area (Å²) in [6, 6.07) is 6.71. The van der Waals surface area contributed by atoms with Gasteiger partial charge in [-0.2, -0.15) is 13.9 Å². The van der Waals surface area contributed by atoms with Crippen LogP contribution < -0.4 is 10.1 Å². The number of furan rings is 1. The molecule has 1 aromatic carbocycles. The number of carbonyl (C=O) groups is 2. The van der Waals surface area contributed by atoms with Crippen LogP contribution in [0.5, 0.6) is 5.75 Å². The number of hydrazone groups is 1. The van der Waals surface area contributed by atoms with Gasteiger partial charge in [0.15, 0.2) is 5.76 Å². The molecule has 1 aliphatic rings. The van der Waals surface area contributed by atoms with Crippen LogP contribution in [0.25, 0.3) is 0 Å². The third-order valence-corrected chi connectivity index (χ3v) is 3.92. The van der Waals surface area contributed by atoms with Crippen molar-refractivity contribution in [1.82, 2.24) is 10.3 Å². The van der Waals surface area contributed by atoms with E-state index in [9.17, 15) is 28.5 Å². The second-order valence-corrected chi connectivity index (χ2v) is 5.75. The van der Waals surface area contributed by atoms with Crippen molar-refractivity contribution in [2.24, 2.45) is 5.10 Å². The van der Waals surface area contributed by atoms with E-state index in [0.717, 1.165) is 12.3 Å². The van der Waals surface area contributed by atoms with Gasteiger partial charge in [-0.15, -0.1) is 5.01 Å². The largest absolute Gasteiger partial charge is 0.435 e. The van der Waals surface area contributed by atoms with Crippen molar-refractivity contribution in [3.8, 4) is 5.75 Å².